The highest BCUT2D eigenvalue weighted by Gasteiger charge is 2.13. The van der Waals surface area contributed by atoms with Gasteiger partial charge >= 0.3 is 0 Å². The van der Waals surface area contributed by atoms with Crippen molar-refractivity contribution >= 4 is 17.5 Å². The maximum atomic E-state index is 11.8. The average Bonchev–Trinajstić information content (AvgIpc) is 2.58. The van der Waals surface area contributed by atoms with E-state index in [1.54, 1.807) is 30.8 Å². The lowest BCUT2D eigenvalue weighted by atomic mass is 10.3. The van der Waals surface area contributed by atoms with Crippen LogP contribution < -0.4 is 10.6 Å². The Balaban J connectivity index is 2.81. The molecule has 5 heteroatoms. The standard InChI is InChI=1S/C12H19N3O2/c1-5-11(16)14-9-6-10(15(4)7-9)12(17)13-8(2)3/h6-8H,5H2,1-4H3,(H,13,17)(H,14,16). The lowest BCUT2D eigenvalue weighted by Gasteiger charge is -2.08. The highest BCUT2D eigenvalue weighted by Crippen LogP contribution is 2.13. The molecule has 0 atom stereocenters. The number of aryl methyl sites for hydroxylation is 1. The van der Waals surface area contributed by atoms with Crippen molar-refractivity contribution in [1.82, 2.24) is 9.88 Å². The Morgan fingerprint density at radius 3 is 2.59 bits per heavy atom. The van der Waals surface area contributed by atoms with E-state index < -0.39 is 0 Å². The number of nitrogens with one attached hydrogen (secondary N) is 2. The molecule has 0 aliphatic heterocycles. The van der Waals surface area contributed by atoms with E-state index in [0.717, 1.165) is 0 Å². The molecule has 1 aromatic heterocycles. The van der Waals surface area contributed by atoms with Crippen LogP contribution >= 0.6 is 0 Å². The van der Waals surface area contributed by atoms with Gasteiger partial charge in [0, 0.05) is 25.7 Å². The quantitative estimate of drug-likeness (QED) is 0.833. The third-order valence-electron chi connectivity index (χ3n) is 2.26. The van der Waals surface area contributed by atoms with Crippen molar-refractivity contribution in [3.63, 3.8) is 0 Å². The summed E-state index contributed by atoms with van der Waals surface area (Å²) in [6, 6.07) is 1.76. The number of nitrogens with zero attached hydrogens (tertiary/aromatic N) is 1. The number of hydrogen-bond acceptors (Lipinski definition) is 2. The number of anilines is 1. The highest BCUT2D eigenvalue weighted by molar-refractivity contribution is 5.96. The molecule has 0 aliphatic rings. The van der Waals surface area contributed by atoms with Gasteiger partial charge in [-0.1, -0.05) is 6.92 Å². The largest absolute Gasteiger partial charge is 0.349 e. The Kier molecular flexibility index (Phi) is 4.31. The molecule has 0 fully saturated rings. The fraction of sp³-hybridized carbons (Fsp3) is 0.500. The molecule has 0 radical (unpaired) electrons. The molecule has 0 unspecified atom stereocenters. The molecule has 0 bridgehead atoms. The van der Waals surface area contributed by atoms with Crippen LogP contribution in [0.25, 0.3) is 0 Å². The van der Waals surface area contributed by atoms with Gasteiger partial charge in [0.2, 0.25) is 5.91 Å². The minimum Gasteiger partial charge on any atom is -0.349 e. The van der Waals surface area contributed by atoms with Crippen molar-refractivity contribution in [3.05, 3.63) is 18.0 Å². The molecule has 2 N–H and O–H groups in total. The van der Waals surface area contributed by atoms with Crippen molar-refractivity contribution in [2.24, 2.45) is 7.05 Å². The molecule has 1 heterocycles. The first kappa shape index (κ1) is 13.3. The summed E-state index contributed by atoms with van der Waals surface area (Å²) in [5.74, 6) is -0.203. The van der Waals surface area contributed by atoms with E-state index in [1.807, 2.05) is 13.8 Å². The summed E-state index contributed by atoms with van der Waals surface area (Å²) in [4.78, 5) is 23.0. The second-order valence-corrected chi connectivity index (χ2v) is 4.25. The number of carbonyl (C=O) groups excluding carboxylic acids is 2. The molecule has 94 valence electrons. The number of carbonyl (C=O) groups is 2. The maximum absolute atomic E-state index is 11.8. The minimum atomic E-state index is -0.139. The van der Waals surface area contributed by atoms with E-state index >= 15 is 0 Å². The predicted octanol–water partition coefficient (Wildman–Crippen LogP) is 1.51. The summed E-state index contributed by atoms with van der Waals surface area (Å²) >= 11 is 0. The van der Waals surface area contributed by atoms with E-state index in [-0.39, 0.29) is 17.9 Å². The number of hydrogen-bond donors (Lipinski definition) is 2. The molecular weight excluding hydrogens is 218 g/mol. The molecule has 1 aromatic rings. The van der Waals surface area contributed by atoms with Crippen molar-refractivity contribution in [1.29, 1.82) is 0 Å². The van der Waals surface area contributed by atoms with Crippen molar-refractivity contribution in [3.8, 4) is 0 Å². The van der Waals surface area contributed by atoms with Crippen molar-refractivity contribution in [2.45, 2.75) is 33.2 Å². The minimum absolute atomic E-state index is 0.0635. The molecule has 0 aliphatic carbocycles. The molecule has 0 saturated heterocycles. The first-order valence-electron chi connectivity index (χ1n) is 5.71. The monoisotopic (exact) mass is 237 g/mol. The van der Waals surface area contributed by atoms with E-state index in [9.17, 15) is 9.59 Å². The highest BCUT2D eigenvalue weighted by atomic mass is 16.2. The van der Waals surface area contributed by atoms with Crippen LogP contribution in [0.3, 0.4) is 0 Å². The zero-order valence-corrected chi connectivity index (χ0v) is 10.7. The zero-order chi connectivity index (χ0) is 13.0. The SMILES string of the molecule is CCC(=O)Nc1cc(C(=O)NC(C)C)n(C)c1. The molecule has 1 rings (SSSR count). The van der Waals surface area contributed by atoms with Crippen LogP contribution in [0, 0.1) is 0 Å². The molecular formula is C12H19N3O2. The summed E-state index contributed by atoms with van der Waals surface area (Å²) in [6.45, 7) is 5.59. The van der Waals surface area contributed by atoms with Crippen LogP contribution in [0.2, 0.25) is 0 Å². The number of aromatic nitrogens is 1. The summed E-state index contributed by atoms with van der Waals surface area (Å²) in [5.41, 5.74) is 1.18. The molecule has 0 saturated carbocycles. The van der Waals surface area contributed by atoms with Crippen LogP contribution in [0.4, 0.5) is 5.69 Å². The fourth-order valence-electron chi connectivity index (χ4n) is 1.44. The molecule has 17 heavy (non-hydrogen) atoms. The smallest absolute Gasteiger partial charge is 0.268 e. The number of rotatable bonds is 4. The Morgan fingerprint density at radius 2 is 2.06 bits per heavy atom. The van der Waals surface area contributed by atoms with Gasteiger partial charge in [0.1, 0.15) is 5.69 Å². The first-order valence-corrected chi connectivity index (χ1v) is 5.71. The van der Waals surface area contributed by atoms with Gasteiger partial charge in [-0.25, -0.2) is 0 Å². The van der Waals surface area contributed by atoms with Crippen molar-refractivity contribution < 1.29 is 9.59 Å². The topological polar surface area (TPSA) is 63.1 Å². The third kappa shape index (κ3) is 3.62. The Labute approximate surface area is 101 Å². The Hall–Kier alpha value is -1.78. The molecule has 0 spiro atoms. The van der Waals surface area contributed by atoms with E-state index in [1.165, 1.54) is 0 Å². The summed E-state index contributed by atoms with van der Waals surface area (Å²) in [6.07, 6.45) is 2.14. The summed E-state index contributed by atoms with van der Waals surface area (Å²) in [5, 5.41) is 5.53. The summed E-state index contributed by atoms with van der Waals surface area (Å²) in [7, 11) is 1.77. The van der Waals surface area contributed by atoms with Crippen LogP contribution in [0.1, 0.15) is 37.7 Å². The normalized spacial score (nSPS) is 10.4. The third-order valence-corrected chi connectivity index (χ3v) is 2.26. The lowest BCUT2D eigenvalue weighted by molar-refractivity contribution is -0.115. The van der Waals surface area contributed by atoms with Gasteiger partial charge in [-0.15, -0.1) is 0 Å². The van der Waals surface area contributed by atoms with Gasteiger partial charge in [0.25, 0.3) is 5.91 Å². The zero-order valence-electron chi connectivity index (χ0n) is 10.7. The van der Waals surface area contributed by atoms with E-state index in [2.05, 4.69) is 10.6 Å². The predicted molar refractivity (Wildman–Crippen MR) is 66.9 cm³/mol. The second kappa shape index (κ2) is 5.52. The van der Waals surface area contributed by atoms with Gasteiger partial charge in [-0.2, -0.15) is 0 Å². The van der Waals surface area contributed by atoms with Crippen LogP contribution in [0.5, 0.6) is 0 Å². The fourth-order valence-corrected chi connectivity index (χ4v) is 1.44. The second-order valence-electron chi connectivity index (χ2n) is 4.25. The van der Waals surface area contributed by atoms with Crippen molar-refractivity contribution in [2.75, 3.05) is 5.32 Å². The van der Waals surface area contributed by atoms with Gasteiger partial charge in [0.05, 0.1) is 5.69 Å². The van der Waals surface area contributed by atoms with E-state index in [0.29, 0.717) is 17.8 Å². The van der Waals surface area contributed by atoms with Crippen LogP contribution in [-0.2, 0) is 11.8 Å². The average molecular weight is 237 g/mol. The Bertz CT molecular complexity index is 421. The molecule has 2 amide bonds. The van der Waals surface area contributed by atoms with Crippen LogP contribution in [0.15, 0.2) is 12.3 Å². The maximum Gasteiger partial charge on any atom is 0.268 e. The molecule has 0 aromatic carbocycles. The summed E-state index contributed by atoms with van der Waals surface area (Å²) < 4.78 is 1.70. The molecule has 5 nitrogen and oxygen atoms in total. The van der Waals surface area contributed by atoms with Gasteiger partial charge in [0.15, 0.2) is 0 Å². The van der Waals surface area contributed by atoms with E-state index in [4.69, 9.17) is 0 Å². The lowest BCUT2D eigenvalue weighted by Crippen LogP contribution is -2.31. The van der Waals surface area contributed by atoms with Crippen LogP contribution in [-0.4, -0.2) is 22.4 Å². The first-order chi connectivity index (χ1) is 7.93. The van der Waals surface area contributed by atoms with Gasteiger partial charge < -0.3 is 15.2 Å². The number of amides is 2. The van der Waals surface area contributed by atoms with Gasteiger partial charge in [-0.05, 0) is 19.9 Å². The Morgan fingerprint density at radius 1 is 1.41 bits per heavy atom. The van der Waals surface area contributed by atoms with Gasteiger partial charge in [-0.3, -0.25) is 9.59 Å².